The van der Waals surface area contributed by atoms with Gasteiger partial charge in [0.2, 0.25) is 5.88 Å². The van der Waals surface area contributed by atoms with Gasteiger partial charge in [0, 0.05) is 32.2 Å². The third kappa shape index (κ3) is 4.88. The molecule has 0 saturated heterocycles. The van der Waals surface area contributed by atoms with Gasteiger partial charge < -0.3 is 14.2 Å². The molecule has 3 aromatic rings. The summed E-state index contributed by atoms with van der Waals surface area (Å²) in [6, 6.07) is 4.31. The number of pyridine rings is 1. The molecule has 0 radical (unpaired) electrons. The molecule has 0 aliphatic rings. The Morgan fingerprint density at radius 2 is 1.79 bits per heavy atom. The summed E-state index contributed by atoms with van der Waals surface area (Å²) < 4.78 is 69.7. The van der Waals surface area contributed by atoms with Crippen LogP contribution in [0.1, 0.15) is 12.6 Å². The predicted octanol–water partition coefficient (Wildman–Crippen LogP) is 3.47. The topological polar surface area (TPSA) is 102 Å². The Hall–Kier alpha value is -3.87. The number of carbonyl (C=O) groups excluding carboxylic acids is 1. The highest BCUT2D eigenvalue weighted by atomic mass is 35.5. The molecule has 3 rings (SSSR count). The number of carbonyl (C=O) groups is 1. The van der Waals surface area contributed by atoms with Crippen LogP contribution in [0.3, 0.4) is 0 Å². The Labute approximate surface area is 192 Å². The molecule has 0 unspecified atom stereocenters. The molecule has 1 aromatic carbocycles. The van der Waals surface area contributed by atoms with Gasteiger partial charge in [-0.05, 0) is 12.1 Å². The molecular formula is C20H14ClF4N3O6. The normalized spacial score (nSPS) is 11.3. The number of nitrogens with zero attached hydrogens (tertiary/aromatic N) is 3. The van der Waals surface area contributed by atoms with Crippen LogP contribution in [-0.4, -0.2) is 27.2 Å². The molecule has 180 valence electrons. The van der Waals surface area contributed by atoms with Crippen molar-refractivity contribution >= 4 is 17.6 Å². The number of rotatable bonds is 5. The molecule has 2 aromatic heterocycles. The fourth-order valence-electron chi connectivity index (χ4n) is 2.82. The van der Waals surface area contributed by atoms with E-state index < -0.39 is 40.6 Å². The molecule has 34 heavy (non-hydrogen) atoms. The molecule has 14 heteroatoms. The van der Waals surface area contributed by atoms with Gasteiger partial charge in [-0.15, -0.1) is 0 Å². The third-order valence-electron chi connectivity index (χ3n) is 4.32. The number of methoxy groups -OCH3 is 1. The number of esters is 1. The number of halogens is 5. The lowest BCUT2D eigenvalue weighted by molar-refractivity contribution is -0.144. The second kappa shape index (κ2) is 9.17. The highest BCUT2D eigenvalue weighted by Crippen LogP contribution is 2.37. The molecule has 0 N–H and O–H groups in total. The molecule has 2 heterocycles. The van der Waals surface area contributed by atoms with Gasteiger partial charge in [-0.2, -0.15) is 18.2 Å². The van der Waals surface area contributed by atoms with E-state index in [1.165, 1.54) is 19.2 Å². The molecule has 0 saturated carbocycles. The molecule has 0 atom stereocenters. The second-order valence-electron chi connectivity index (χ2n) is 6.63. The third-order valence-corrected chi connectivity index (χ3v) is 4.62. The number of alkyl halides is 3. The molecule has 0 aliphatic carbocycles. The summed E-state index contributed by atoms with van der Waals surface area (Å²) in [7, 11) is 2.09. The van der Waals surface area contributed by atoms with E-state index in [1.807, 2.05) is 0 Å². The van der Waals surface area contributed by atoms with E-state index in [0.29, 0.717) is 6.07 Å². The van der Waals surface area contributed by atoms with Crippen molar-refractivity contribution < 1.29 is 36.6 Å². The minimum Gasteiger partial charge on any atom is -0.481 e. The molecule has 9 nitrogen and oxygen atoms in total. The van der Waals surface area contributed by atoms with Gasteiger partial charge in [-0.1, -0.05) is 11.6 Å². The summed E-state index contributed by atoms with van der Waals surface area (Å²) in [5.74, 6) is -2.72. The summed E-state index contributed by atoms with van der Waals surface area (Å²) >= 11 is 6.01. The van der Waals surface area contributed by atoms with E-state index >= 15 is 0 Å². The summed E-state index contributed by atoms with van der Waals surface area (Å²) in [5, 5.41) is -0.331. The van der Waals surface area contributed by atoms with E-state index in [0.717, 1.165) is 20.0 Å². The van der Waals surface area contributed by atoms with Crippen molar-refractivity contribution in [1.82, 2.24) is 14.1 Å². The number of aromatic nitrogens is 3. The average molecular weight is 504 g/mol. The van der Waals surface area contributed by atoms with Gasteiger partial charge in [0.1, 0.15) is 17.3 Å². The van der Waals surface area contributed by atoms with Crippen LogP contribution >= 0.6 is 11.6 Å². The van der Waals surface area contributed by atoms with Crippen molar-refractivity contribution in [3.63, 3.8) is 0 Å². The average Bonchev–Trinajstić information content (AvgIpc) is 2.73. The van der Waals surface area contributed by atoms with Gasteiger partial charge in [-0.25, -0.2) is 13.8 Å². The summed E-state index contributed by atoms with van der Waals surface area (Å²) in [6.45, 7) is 1.10. The number of ether oxygens (including phenoxy) is 3. The van der Waals surface area contributed by atoms with Gasteiger partial charge in [0.05, 0.1) is 17.8 Å². The quantitative estimate of drug-likeness (QED) is 0.388. The highest BCUT2D eigenvalue weighted by molar-refractivity contribution is 6.32. The summed E-state index contributed by atoms with van der Waals surface area (Å²) in [6.07, 6.45) is -4.99. The monoisotopic (exact) mass is 503 g/mol. The van der Waals surface area contributed by atoms with Crippen molar-refractivity contribution in [2.75, 3.05) is 7.11 Å². The first-order valence-electron chi connectivity index (χ1n) is 9.14. The SMILES string of the molecule is COc1ccc(Oc2cc(-n3c(=O)cc(C(F)(F)F)n(C)c3=O)c(F)cc2Cl)c(OC(C)=O)n1. The van der Waals surface area contributed by atoms with Crippen molar-refractivity contribution in [3.8, 4) is 28.9 Å². The van der Waals surface area contributed by atoms with Crippen molar-refractivity contribution in [2.24, 2.45) is 7.05 Å². The van der Waals surface area contributed by atoms with Crippen LogP contribution in [0.2, 0.25) is 5.02 Å². The Bertz CT molecular complexity index is 1400. The van der Waals surface area contributed by atoms with Crippen LogP contribution in [0.15, 0.2) is 39.9 Å². The Morgan fingerprint density at radius 1 is 1.12 bits per heavy atom. The first-order valence-corrected chi connectivity index (χ1v) is 9.52. The fourth-order valence-corrected chi connectivity index (χ4v) is 3.01. The Kier molecular flexibility index (Phi) is 6.68. The first-order chi connectivity index (χ1) is 15.8. The number of hydrogen-bond acceptors (Lipinski definition) is 7. The lowest BCUT2D eigenvalue weighted by Crippen LogP contribution is -2.41. The Balaban J connectivity index is 2.16. The van der Waals surface area contributed by atoms with E-state index in [4.69, 9.17) is 25.8 Å². The molecule has 0 amide bonds. The lowest BCUT2D eigenvalue weighted by atomic mass is 10.2. The van der Waals surface area contributed by atoms with E-state index in [1.54, 1.807) is 0 Å². The van der Waals surface area contributed by atoms with Gasteiger partial charge in [-0.3, -0.25) is 14.2 Å². The van der Waals surface area contributed by atoms with Crippen LogP contribution in [-0.2, 0) is 18.0 Å². The van der Waals surface area contributed by atoms with Crippen LogP contribution in [0.25, 0.3) is 5.69 Å². The predicted molar refractivity (Wildman–Crippen MR) is 109 cm³/mol. The van der Waals surface area contributed by atoms with E-state index in [9.17, 15) is 31.9 Å². The maximum absolute atomic E-state index is 14.7. The fraction of sp³-hybridized carbons (Fsp3) is 0.200. The van der Waals surface area contributed by atoms with Gasteiger partial charge in [0.25, 0.3) is 11.4 Å². The molecule has 0 bridgehead atoms. The van der Waals surface area contributed by atoms with Gasteiger partial charge >= 0.3 is 17.8 Å². The molecule has 0 spiro atoms. The maximum atomic E-state index is 14.7. The maximum Gasteiger partial charge on any atom is 0.431 e. The smallest absolute Gasteiger partial charge is 0.431 e. The second-order valence-corrected chi connectivity index (χ2v) is 7.04. The van der Waals surface area contributed by atoms with Crippen LogP contribution < -0.4 is 25.5 Å². The van der Waals surface area contributed by atoms with Crippen molar-refractivity contribution in [1.29, 1.82) is 0 Å². The molecular weight excluding hydrogens is 490 g/mol. The zero-order valence-electron chi connectivity index (χ0n) is 17.6. The largest absolute Gasteiger partial charge is 0.481 e. The van der Waals surface area contributed by atoms with E-state index in [2.05, 4.69) is 4.98 Å². The lowest BCUT2D eigenvalue weighted by Gasteiger charge is -2.16. The summed E-state index contributed by atoms with van der Waals surface area (Å²) in [5.41, 5.74) is -5.14. The minimum atomic E-state index is -4.99. The standard InChI is InChI=1S/C20H14ClF4N3O6/c1-9(29)33-18-13(4-5-16(26-18)32-3)34-14-7-12(11(22)6-10(14)21)28-17(30)8-15(20(23,24)25)27(2)19(28)31/h4-8H,1-3H3. The number of hydrogen-bond donors (Lipinski definition) is 0. The molecule has 0 aliphatic heterocycles. The molecule has 0 fully saturated rings. The Morgan fingerprint density at radius 3 is 2.38 bits per heavy atom. The zero-order valence-corrected chi connectivity index (χ0v) is 18.3. The minimum absolute atomic E-state index is 0.0642. The van der Waals surface area contributed by atoms with Crippen LogP contribution in [0.5, 0.6) is 23.3 Å². The van der Waals surface area contributed by atoms with Gasteiger partial charge in [0.15, 0.2) is 5.75 Å². The summed E-state index contributed by atoms with van der Waals surface area (Å²) in [4.78, 5) is 40.1. The first kappa shape index (κ1) is 24.8. The van der Waals surface area contributed by atoms with Crippen molar-refractivity contribution in [2.45, 2.75) is 13.1 Å². The van der Waals surface area contributed by atoms with Crippen molar-refractivity contribution in [3.05, 3.63) is 67.7 Å². The number of benzene rings is 1. The van der Waals surface area contributed by atoms with E-state index in [-0.39, 0.29) is 43.5 Å². The zero-order chi connectivity index (χ0) is 25.4. The van der Waals surface area contributed by atoms with Crippen LogP contribution in [0, 0.1) is 5.82 Å². The van der Waals surface area contributed by atoms with Crippen LogP contribution in [0.4, 0.5) is 17.6 Å². The highest BCUT2D eigenvalue weighted by Gasteiger charge is 2.35.